The Morgan fingerprint density at radius 3 is 2.50 bits per heavy atom. The maximum atomic E-state index is 5.69. The van der Waals surface area contributed by atoms with Gasteiger partial charge in [-0.1, -0.05) is 13.8 Å². The molecule has 1 fully saturated rings. The minimum absolute atomic E-state index is 0.259. The lowest BCUT2D eigenvalue weighted by Gasteiger charge is -2.29. The van der Waals surface area contributed by atoms with E-state index in [0.717, 1.165) is 24.8 Å². The summed E-state index contributed by atoms with van der Waals surface area (Å²) in [5, 5.41) is 3.29. The van der Waals surface area contributed by atoms with Gasteiger partial charge >= 0.3 is 0 Å². The fourth-order valence-electron chi connectivity index (χ4n) is 1.47. The quantitative estimate of drug-likeness (QED) is 0.571. The molecular weight excluding hydrogens is 124 g/mol. The number of nitrogens with two attached hydrogens (primary N) is 1. The van der Waals surface area contributed by atoms with Crippen molar-refractivity contribution in [3.63, 3.8) is 0 Å². The van der Waals surface area contributed by atoms with E-state index in [1.165, 1.54) is 6.42 Å². The molecule has 0 spiro atoms. The average molecular weight is 142 g/mol. The van der Waals surface area contributed by atoms with Crippen LogP contribution in [-0.2, 0) is 0 Å². The first-order valence-electron chi connectivity index (χ1n) is 4.19. The van der Waals surface area contributed by atoms with Gasteiger partial charge in [-0.3, -0.25) is 0 Å². The Bertz CT molecular complexity index is 93.4. The SMILES string of the molecule is CC(C)C1CCC(N)NC1. The molecule has 0 aliphatic carbocycles. The molecule has 0 aromatic heterocycles. The highest BCUT2D eigenvalue weighted by molar-refractivity contribution is 4.75. The van der Waals surface area contributed by atoms with Gasteiger partial charge in [-0.05, 0) is 31.2 Å². The van der Waals surface area contributed by atoms with E-state index in [4.69, 9.17) is 5.73 Å². The molecular formula is C8H18N2. The smallest absolute Gasteiger partial charge is 0.0546 e. The van der Waals surface area contributed by atoms with Crippen LogP contribution in [0.2, 0.25) is 0 Å². The summed E-state index contributed by atoms with van der Waals surface area (Å²) in [5.74, 6) is 1.65. The molecule has 1 heterocycles. The predicted molar refractivity (Wildman–Crippen MR) is 43.5 cm³/mol. The van der Waals surface area contributed by atoms with E-state index in [2.05, 4.69) is 19.2 Å². The first kappa shape index (κ1) is 8.02. The third kappa shape index (κ3) is 1.96. The summed E-state index contributed by atoms with van der Waals surface area (Å²) >= 11 is 0. The van der Waals surface area contributed by atoms with E-state index in [9.17, 15) is 0 Å². The number of piperidine rings is 1. The lowest BCUT2D eigenvalue weighted by Crippen LogP contribution is -2.45. The van der Waals surface area contributed by atoms with E-state index in [-0.39, 0.29) is 6.17 Å². The summed E-state index contributed by atoms with van der Waals surface area (Å²) in [6.45, 7) is 5.67. The van der Waals surface area contributed by atoms with Gasteiger partial charge in [-0.2, -0.15) is 0 Å². The maximum absolute atomic E-state index is 5.69. The second kappa shape index (κ2) is 3.35. The predicted octanol–water partition coefficient (Wildman–Crippen LogP) is 0.927. The van der Waals surface area contributed by atoms with Crippen LogP contribution in [0.1, 0.15) is 26.7 Å². The molecule has 2 nitrogen and oxygen atoms in total. The number of nitrogens with one attached hydrogen (secondary N) is 1. The van der Waals surface area contributed by atoms with Crippen molar-refractivity contribution in [3.8, 4) is 0 Å². The summed E-state index contributed by atoms with van der Waals surface area (Å²) < 4.78 is 0. The number of hydrogen-bond acceptors (Lipinski definition) is 2. The van der Waals surface area contributed by atoms with Crippen molar-refractivity contribution in [2.75, 3.05) is 6.54 Å². The molecule has 0 bridgehead atoms. The molecule has 10 heavy (non-hydrogen) atoms. The molecule has 60 valence electrons. The van der Waals surface area contributed by atoms with Crippen LogP contribution in [0, 0.1) is 11.8 Å². The van der Waals surface area contributed by atoms with Crippen molar-refractivity contribution in [2.24, 2.45) is 17.6 Å². The van der Waals surface area contributed by atoms with Crippen LogP contribution in [0.15, 0.2) is 0 Å². The Morgan fingerprint density at radius 1 is 1.40 bits per heavy atom. The summed E-state index contributed by atoms with van der Waals surface area (Å²) in [7, 11) is 0. The van der Waals surface area contributed by atoms with Crippen LogP contribution in [0.3, 0.4) is 0 Å². The van der Waals surface area contributed by atoms with E-state index < -0.39 is 0 Å². The first-order chi connectivity index (χ1) is 4.70. The minimum atomic E-state index is 0.259. The van der Waals surface area contributed by atoms with Crippen molar-refractivity contribution < 1.29 is 0 Å². The van der Waals surface area contributed by atoms with Crippen LogP contribution >= 0.6 is 0 Å². The normalized spacial score (nSPS) is 34.8. The van der Waals surface area contributed by atoms with E-state index in [1.807, 2.05) is 0 Å². The Kier molecular flexibility index (Phi) is 2.69. The molecule has 0 aromatic rings. The molecule has 0 amide bonds. The molecule has 2 heteroatoms. The van der Waals surface area contributed by atoms with Crippen LogP contribution in [0.5, 0.6) is 0 Å². The van der Waals surface area contributed by atoms with Gasteiger partial charge in [0.25, 0.3) is 0 Å². The van der Waals surface area contributed by atoms with Gasteiger partial charge in [-0.25, -0.2) is 0 Å². The largest absolute Gasteiger partial charge is 0.316 e. The van der Waals surface area contributed by atoms with Gasteiger partial charge in [0.1, 0.15) is 0 Å². The standard InChI is InChI=1S/C8H18N2/c1-6(2)7-3-4-8(9)10-5-7/h6-8,10H,3-5,9H2,1-2H3. The fraction of sp³-hybridized carbons (Fsp3) is 1.00. The molecule has 1 aliphatic heterocycles. The second-order valence-corrected chi connectivity index (χ2v) is 3.60. The van der Waals surface area contributed by atoms with E-state index >= 15 is 0 Å². The highest BCUT2D eigenvalue weighted by atomic mass is 15.0. The molecule has 1 saturated heterocycles. The Morgan fingerprint density at radius 2 is 2.10 bits per heavy atom. The Labute approximate surface area is 63.2 Å². The van der Waals surface area contributed by atoms with Gasteiger partial charge in [0, 0.05) is 0 Å². The molecule has 3 N–H and O–H groups in total. The molecule has 0 aromatic carbocycles. The number of rotatable bonds is 1. The monoisotopic (exact) mass is 142 g/mol. The highest BCUT2D eigenvalue weighted by Gasteiger charge is 2.19. The van der Waals surface area contributed by atoms with Gasteiger partial charge in [0.2, 0.25) is 0 Å². The van der Waals surface area contributed by atoms with Crippen molar-refractivity contribution in [1.82, 2.24) is 5.32 Å². The first-order valence-corrected chi connectivity index (χ1v) is 4.19. The van der Waals surface area contributed by atoms with Crippen molar-refractivity contribution >= 4 is 0 Å². The van der Waals surface area contributed by atoms with Crippen LogP contribution in [0.25, 0.3) is 0 Å². The minimum Gasteiger partial charge on any atom is -0.316 e. The van der Waals surface area contributed by atoms with Crippen LogP contribution in [0.4, 0.5) is 0 Å². The zero-order chi connectivity index (χ0) is 7.56. The molecule has 1 rings (SSSR count). The van der Waals surface area contributed by atoms with Crippen LogP contribution in [-0.4, -0.2) is 12.7 Å². The summed E-state index contributed by atoms with van der Waals surface area (Å²) in [6, 6.07) is 0. The zero-order valence-corrected chi connectivity index (χ0v) is 6.93. The fourth-order valence-corrected chi connectivity index (χ4v) is 1.47. The summed E-state index contributed by atoms with van der Waals surface area (Å²) in [5.41, 5.74) is 5.69. The lowest BCUT2D eigenvalue weighted by molar-refractivity contribution is 0.256. The zero-order valence-electron chi connectivity index (χ0n) is 6.93. The molecule has 1 aliphatic rings. The van der Waals surface area contributed by atoms with Crippen LogP contribution < -0.4 is 11.1 Å². The molecule has 0 saturated carbocycles. The summed E-state index contributed by atoms with van der Waals surface area (Å²) in [6.07, 6.45) is 2.70. The molecule has 2 atom stereocenters. The summed E-state index contributed by atoms with van der Waals surface area (Å²) in [4.78, 5) is 0. The van der Waals surface area contributed by atoms with Gasteiger partial charge in [0.15, 0.2) is 0 Å². The van der Waals surface area contributed by atoms with Gasteiger partial charge in [-0.15, -0.1) is 0 Å². The topological polar surface area (TPSA) is 38.0 Å². The average Bonchev–Trinajstić information content (AvgIpc) is 1.88. The van der Waals surface area contributed by atoms with E-state index in [0.29, 0.717) is 0 Å². The Balaban J connectivity index is 2.26. The Hall–Kier alpha value is -0.0800. The lowest BCUT2D eigenvalue weighted by atomic mass is 9.88. The number of hydrogen-bond donors (Lipinski definition) is 2. The molecule has 0 radical (unpaired) electrons. The van der Waals surface area contributed by atoms with E-state index in [1.54, 1.807) is 0 Å². The third-order valence-electron chi connectivity index (χ3n) is 2.43. The van der Waals surface area contributed by atoms with Gasteiger partial charge in [0.05, 0.1) is 6.17 Å². The van der Waals surface area contributed by atoms with Crippen molar-refractivity contribution in [1.29, 1.82) is 0 Å². The van der Waals surface area contributed by atoms with Gasteiger partial charge < -0.3 is 11.1 Å². The highest BCUT2D eigenvalue weighted by Crippen LogP contribution is 2.19. The second-order valence-electron chi connectivity index (χ2n) is 3.60. The van der Waals surface area contributed by atoms with Crippen molar-refractivity contribution in [3.05, 3.63) is 0 Å². The third-order valence-corrected chi connectivity index (χ3v) is 2.43. The molecule has 2 unspecified atom stereocenters. The maximum Gasteiger partial charge on any atom is 0.0546 e. The van der Waals surface area contributed by atoms with Crippen molar-refractivity contribution in [2.45, 2.75) is 32.9 Å².